The number of carbonyl (C=O) groups is 1. The smallest absolute Gasteiger partial charge is 0.343 e. The molecule has 9 nitrogen and oxygen atoms in total. The summed E-state index contributed by atoms with van der Waals surface area (Å²) < 4.78 is 35.8. The molecule has 4 aromatic rings. The molecule has 164 valence electrons. The predicted molar refractivity (Wildman–Crippen MR) is 118 cm³/mol. The number of furan rings is 1. The minimum atomic E-state index is -4.39. The SMILES string of the molecule is Cc1c(-c2cc3cc(C(=O)N(c4ccccc4)S(N)(=O)=O)ccc3o2)oc(=O)c(C)c1O. The van der Waals surface area contributed by atoms with E-state index < -0.39 is 21.7 Å². The third-order valence-electron chi connectivity index (χ3n) is 4.97. The van der Waals surface area contributed by atoms with E-state index in [1.165, 1.54) is 43.3 Å². The molecule has 2 aromatic carbocycles. The first-order valence-corrected chi connectivity index (χ1v) is 10.9. The molecule has 0 aliphatic heterocycles. The van der Waals surface area contributed by atoms with Gasteiger partial charge in [0.2, 0.25) is 0 Å². The van der Waals surface area contributed by atoms with Crippen LogP contribution >= 0.6 is 0 Å². The molecule has 0 saturated heterocycles. The van der Waals surface area contributed by atoms with Crippen LogP contribution < -0.4 is 15.1 Å². The molecule has 0 aliphatic carbocycles. The van der Waals surface area contributed by atoms with Crippen molar-refractivity contribution in [1.29, 1.82) is 0 Å². The topological polar surface area (TPSA) is 144 Å². The summed E-state index contributed by atoms with van der Waals surface area (Å²) in [5, 5.41) is 15.9. The Bertz CT molecular complexity index is 1520. The number of benzene rings is 2. The number of nitrogens with two attached hydrogens (primary N) is 1. The molecule has 32 heavy (non-hydrogen) atoms. The minimum Gasteiger partial charge on any atom is -0.507 e. The zero-order valence-corrected chi connectivity index (χ0v) is 17.8. The molecule has 10 heteroatoms. The highest BCUT2D eigenvalue weighted by Crippen LogP contribution is 2.34. The number of amides is 1. The molecular weight excluding hydrogens is 436 g/mol. The number of carbonyl (C=O) groups excluding carboxylic acids is 1. The Morgan fingerprint density at radius 1 is 1.00 bits per heavy atom. The highest BCUT2D eigenvalue weighted by Gasteiger charge is 2.27. The lowest BCUT2D eigenvalue weighted by Gasteiger charge is -2.19. The van der Waals surface area contributed by atoms with Gasteiger partial charge in [-0.15, -0.1) is 0 Å². The van der Waals surface area contributed by atoms with E-state index in [0.29, 0.717) is 20.8 Å². The van der Waals surface area contributed by atoms with E-state index in [1.54, 1.807) is 25.1 Å². The number of fused-ring (bicyclic) bond motifs is 1. The van der Waals surface area contributed by atoms with Crippen molar-refractivity contribution in [3.8, 4) is 17.3 Å². The largest absolute Gasteiger partial charge is 0.507 e. The molecule has 0 saturated carbocycles. The average molecular weight is 454 g/mol. The van der Waals surface area contributed by atoms with E-state index >= 15 is 0 Å². The lowest BCUT2D eigenvalue weighted by molar-refractivity contribution is 0.101. The molecule has 0 radical (unpaired) electrons. The number of anilines is 1. The van der Waals surface area contributed by atoms with Crippen molar-refractivity contribution in [2.75, 3.05) is 4.31 Å². The van der Waals surface area contributed by atoms with Crippen LogP contribution in [0, 0.1) is 13.8 Å². The average Bonchev–Trinajstić information content (AvgIpc) is 3.17. The maximum Gasteiger partial charge on any atom is 0.343 e. The van der Waals surface area contributed by atoms with Crippen LogP contribution in [0.25, 0.3) is 22.5 Å². The third-order valence-corrected chi connectivity index (χ3v) is 5.85. The van der Waals surface area contributed by atoms with Crippen molar-refractivity contribution in [3.63, 3.8) is 0 Å². The number of aromatic hydroxyl groups is 1. The van der Waals surface area contributed by atoms with E-state index in [0.717, 1.165) is 0 Å². The maximum atomic E-state index is 13.0. The van der Waals surface area contributed by atoms with Gasteiger partial charge in [-0.25, -0.2) is 9.93 Å². The van der Waals surface area contributed by atoms with Crippen LogP contribution in [-0.4, -0.2) is 19.4 Å². The monoisotopic (exact) mass is 454 g/mol. The summed E-state index contributed by atoms with van der Waals surface area (Å²) in [6.07, 6.45) is 0. The van der Waals surface area contributed by atoms with Crippen molar-refractivity contribution in [3.05, 3.63) is 81.7 Å². The molecule has 0 bridgehead atoms. The zero-order chi connectivity index (χ0) is 23.2. The molecule has 2 heterocycles. The Balaban J connectivity index is 1.80. The van der Waals surface area contributed by atoms with Crippen LogP contribution in [0.4, 0.5) is 5.69 Å². The number of hydrogen-bond acceptors (Lipinski definition) is 7. The summed E-state index contributed by atoms with van der Waals surface area (Å²) in [4.78, 5) is 25.0. The van der Waals surface area contributed by atoms with Gasteiger partial charge >= 0.3 is 15.8 Å². The van der Waals surface area contributed by atoms with E-state index in [9.17, 15) is 23.1 Å². The highest BCUT2D eigenvalue weighted by molar-refractivity contribution is 7.91. The fraction of sp³-hybridized carbons (Fsp3) is 0.0909. The minimum absolute atomic E-state index is 0.0488. The van der Waals surface area contributed by atoms with Crippen molar-refractivity contribution in [2.45, 2.75) is 13.8 Å². The number of para-hydroxylation sites is 1. The maximum absolute atomic E-state index is 13.0. The fourth-order valence-corrected chi connectivity index (χ4v) is 4.07. The second-order valence-corrected chi connectivity index (χ2v) is 8.53. The van der Waals surface area contributed by atoms with E-state index in [1.807, 2.05) is 0 Å². The Kier molecular flexibility index (Phi) is 5.11. The molecule has 1 amide bonds. The van der Waals surface area contributed by atoms with Gasteiger partial charge in [0, 0.05) is 16.5 Å². The molecule has 0 spiro atoms. The van der Waals surface area contributed by atoms with Crippen molar-refractivity contribution in [2.24, 2.45) is 5.14 Å². The van der Waals surface area contributed by atoms with Gasteiger partial charge in [-0.1, -0.05) is 18.2 Å². The van der Waals surface area contributed by atoms with Crippen molar-refractivity contribution in [1.82, 2.24) is 0 Å². The zero-order valence-electron chi connectivity index (χ0n) is 17.0. The quantitative estimate of drug-likeness (QED) is 0.482. The number of hydrogen-bond donors (Lipinski definition) is 2. The van der Waals surface area contributed by atoms with Crippen LogP contribution in [0.3, 0.4) is 0 Å². The normalized spacial score (nSPS) is 11.6. The first kappa shape index (κ1) is 21.3. The highest BCUT2D eigenvalue weighted by atomic mass is 32.2. The van der Waals surface area contributed by atoms with Gasteiger partial charge in [0.25, 0.3) is 5.91 Å². The summed E-state index contributed by atoms with van der Waals surface area (Å²) in [5.74, 6) is -0.822. The Labute approximate surface area is 182 Å². The molecule has 0 aliphatic rings. The molecule has 3 N–H and O–H groups in total. The van der Waals surface area contributed by atoms with Crippen molar-refractivity contribution >= 4 is 32.8 Å². The second kappa shape index (κ2) is 7.66. The van der Waals surface area contributed by atoms with E-state index in [-0.39, 0.29) is 34.1 Å². The Hall–Kier alpha value is -3.89. The molecule has 2 aromatic heterocycles. The fourth-order valence-electron chi connectivity index (χ4n) is 3.32. The van der Waals surface area contributed by atoms with Crippen LogP contribution in [0.2, 0.25) is 0 Å². The van der Waals surface area contributed by atoms with Crippen LogP contribution in [0.5, 0.6) is 5.75 Å². The summed E-state index contributed by atoms with van der Waals surface area (Å²) in [6, 6.07) is 13.6. The van der Waals surface area contributed by atoms with Gasteiger partial charge < -0.3 is 13.9 Å². The molecule has 0 fully saturated rings. The Morgan fingerprint density at radius 2 is 1.69 bits per heavy atom. The standard InChI is InChI=1S/C22H18N2O7S/c1-12-19(25)13(2)22(27)31-20(12)18-11-15-10-14(8-9-17(15)30-18)21(26)24(32(23,28)29)16-6-4-3-5-7-16/h3-11,25H,1-2H3,(H2,23,28,29). The summed E-state index contributed by atoms with van der Waals surface area (Å²) in [7, 11) is -4.39. The third kappa shape index (κ3) is 3.66. The van der Waals surface area contributed by atoms with Gasteiger partial charge in [-0.3, -0.25) is 4.79 Å². The lowest BCUT2D eigenvalue weighted by atomic mass is 10.1. The number of nitrogens with zero attached hydrogens (tertiary/aromatic N) is 1. The van der Waals surface area contributed by atoms with Gasteiger partial charge in [0.15, 0.2) is 11.5 Å². The van der Waals surface area contributed by atoms with E-state index in [2.05, 4.69) is 0 Å². The summed E-state index contributed by atoms with van der Waals surface area (Å²) >= 11 is 0. The Morgan fingerprint density at radius 3 is 2.34 bits per heavy atom. The van der Waals surface area contributed by atoms with Gasteiger partial charge in [-0.2, -0.15) is 12.7 Å². The van der Waals surface area contributed by atoms with E-state index in [4.69, 9.17) is 14.0 Å². The summed E-state index contributed by atoms with van der Waals surface area (Å²) in [6.45, 7) is 3.02. The lowest BCUT2D eigenvalue weighted by Crippen LogP contribution is -2.41. The van der Waals surface area contributed by atoms with Crippen molar-refractivity contribution < 1.29 is 27.2 Å². The van der Waals surface area contributed by atoms with Gasteiger partial charge in [0.05, 0.1) is 11.3 Å². The van der Waals surface area contributed by atoms with Crippen LogP contribution in [-0.2, 0) is 10.2 Å². The van der Waals surface area contributed by atoms with Crippen LogP contribution in [0.1, 0.15) is 21.5 Å². The molecule has 0 atom stereocenters. The number of rotatable bonds is 4. The summed E-state index contributed by atoms with van der Waals surface area (Å²) in [5.41, 5.74) is 0.209. The molecule has 4 rings (SSSR count). The first-order valence-electron chi connectivity index (χ1n) is 9.37. The first-order chi connectivity index (χ1) is 15.1. The predicted octanol–water partition coefficient (Wildman–Crippen LogP) is 3.23. The van der Waals surface area contributed by atoms with Gasteiger partial charge in [0.1, 0.15) is 11.3 Å². The second-order valence-electron chi connectivity index (χ2n) is 7.13. The molecular formula is C22H18N2O7S. The van der Waals surface area contributed by atoms with Crippen LogP contribution in [0.15, 0.2) is 68.2 Å². The molecule has 0 unspecified atom stereocenters. The van der Waals surface area contributed by atoms with Gasteiger partial charge in [-0.05, 0) is 50.2 Å².